The first-order chi connectivity index (χ1) is 8.13. The second-order valence-electron chi connectivity index (χ2n) is 3.92. The van der Waals surface area contributed by atoms with Crippen LogP contribution in [0.1, 0.15) is 5.69 Å². The van der Waals surface area contributed by atoms with Gasteiger partial charge in [0.25, 0.3) is 0 Å². The Hall–Kier alpha value is -1.11. The summed E-state index contributed by atoms with van der Waals surface area (Å²) in [5.41, 5.74) is 7.09. The van der Waals surface area contributed by atoms with Gasteiger partial charge in [-0.05, 0) is 18.5 Å². The van der Waals surface area contributed by atoms with Crippen molar-refractivity contribution < 1.29 is 9.84 Å². The van der Waals surface area contributed by atoms with Crippen molar-refractivity contribution in [3.05, 3.63) is 11.0 Å². The van der Waals surface area contributed by atoms with Crippen LogP contribution in [0.15, 0.2) is 0 Å². The standard InChI is InChI=1S/C10H15ClN4O2/c1-6-8(12)9(14-10(11)13-6)15-2-3-17-5-7(15)4-16/h7,16H,2-5,12H2,1H3. The summed E-state index contributed by atoms with van der Waals surface area (Å²) < 4.78 is 5.31. The van der Waals surface area contributed by atoms with Crippen molar-refractivity contribution in [2.75, 3.05) is 37.0 Å². The minimum absolute atomic E-state index is 0.0138. The summed E-state index contributed by atoms with van der Waals surface area (Å²) in [5, 5.41) is 9.48. The van der Waals surface area contributed by atoms with Gasteiger partial charge in [-0.2, -0.15) is 4.98 Å². The molecule has 0 spiro atoms. The molecule has 2 rings (SSSR count). The van der Waals surface area contributed by atoms with Crippen molar-refractivity contribution in [3.63, 3.8) is 0 Å². The molecule has 0 bridgehead atoms. The second kappa shape index (κ2) is 5.03. The lowest BCUT2D eigenvalue weighted by atomic mass is 10.2. The third kappa shape index (κ3) is 2.43. The molecule has 2 heterocycles. The second-order valence-corrected chi connectivity index (χ2v) is 4.26. The zero-order chi connectivity index (χ0) is 12.4. The Bertz CT molecular complexity index is 416. The Morgan fingerprint density at radius 3 is 3.06 bits per heavy atom. The maximum atomic E-state index is 9.31. The van der Waals surface area contributed by atoms with Crippen LogP contribution < -0.4 is 10.6 Å². The van der Waals surface area contributed by atoms with Crippen LogP contribution in [0.3, 0.4) is 0 Å². The van der Waals surface area contributed by atoms with E-state index in [1.165, 1.54) is 0 Å². The molecule has 1 unspecified atom stereocenters. The summed E-state index contributed by atoms with van der Waals surface area (Å²) in [6.45, 7) is 3.43. The number of ether oxygens (including phenoxy) is 1. The molecular formula is C10H15ClN4O2. The average Bonchev–Trinajstić information content (AvgIpc) is 2.33. The lowest BCUT2D eigenvalue weighted by Crippen LogP contribution is -2.48. The summed E-state index contributed by atoms with van der Waals surface area (Å²) in [5.74, 6) is 0.574. The Morgan fingerprint density at radius 2 is 2.35 bits per heavy atom. The summed E-state index contributed by atoms with van der Waals surface area (Å²) >= 11 is 5.83. The van der Waals surface area contributed by atoms with Gasteiger partial charge in [-0.25, -0.2) is 4.98 Å². The molecular weight excluding hydrogens is 244 g/mol. The largest absolute Gasteiger partial charge is 0.394 e. The minimum Gasteiger partial charge on any atom is -0.394 e. The molecule has 7 heteroatoms. The number of aliphatic hydroxyl groups is 1. The van der Waals surface area contributed by atoms with Gasteiger partial charge in [-0.3, -0.25) is 0 Å². The summed E-state index contributed by atoms with van der Waals surface area (Å²) in [6, 6.07) is -0.142. The maximum Gasteiger partial charge on any atom is 0.224 e. The van der Waals surface area contributed by atoms with Crippen LogP contribution in [0.2, 0.25) is 5.28 Å². The van der Waals surface area contributed by atoms with Crippen LogP contribution in [0.25, 0.3) is 0 Å². The lowest BCUT2D eigenvalue weighted by molar-refractivity contribution is 0.0723. The first-order valence-corrected chi connectivity index (χ1v) is 5.76. The molecule has 94 valence electrons. The van der Waals surface area contributed by atoms with E-state index >= 15 is 0 Å². The highest BCUT2D eigenvalue weighted by atomic mass is 35.5. The summed E-state index contributed by atoms with van der Waals surface area (Å²) in [6.07, 6.45) is 0. The molecule has 1 saturated heterocycles. The van der Waals surface area contributed by atoms with Crippen molar-refractivity contribution in [1.82, 2.24) is 9.97 Å². The fourth-order valence-corrected chi connectivity index (χ4v) is 2.04. The molecule has 0 radical (unpaired) electrons. The minimum atomic E-state index is -0.142. The molecule has 0 aromatic carbocycles. The van der Waals surface area contributed by atoms with Crippen LogP contribution in [0.4, 0.5) is 11.5 Å². The number of aryl methyl sites for hydroxylation is 1. The molecule has 6 nitrogen and oxygen atoms in total. The third-order valence-electron chi connectivity index (χ3n) is 2.80. The van der Waals surface area contributed by atoms with Crippen molar-refractivity contribution in [2.24, 2.45) is 0 Å². The third-order valence-corrected chi connectivity index (χ3v) is 2.97. The molecule has 1 aromatic heterocycles. The van der Waals surface area contributed by atoms with Crippen LogP contribution in [0.5, 0.6) is 0 Å². The number of halogens is 1. The van der Waals surface area contributed by atoms with E-state index in [0.717, 1.165) is 0 Å². The van der Waals surface area contributed by atoms with Gasteiger partial charge in [-0.1, -0.05) is 0 Å². The van der Waals surface area contributed by atoms with E-state index in [1.807, 2.05) is 4.90 Å². The molecule has 1 atom stereocenters. The number of anilines is 2. The van der Waals surface area contributed by atoms with Crippen LogP contribution in [0, 0.1) is 6.92 Å². The monoisotopic (exact) mass is 258 g/mol. The Kier molecular flexibility index (Phi) is 3.66. The van der Waals surface area contributed by atoms with E-state index < -0.39 is 0 Å². The Morgan fingerprint density at radius 1 is 1.59 bits per heavy atom. The summed E-state index contributed by atoms with van der Waals surface area (Å²) in [4.78, 5) is 10.0. The zero-order valence-electron chi connectivity index (χ0n) is 9.56. The highest BCUT2D eigenvalue weighted by Gasteiger charge is 2.26. The molecule has 0 aliphatic carbocycles. The molecule has 1 aliphatic heterocycles. The molecule has 1 aliphatic rings. The SMILES string of the molecule is Cc1nc(Cl)nc(N2CCOCC2CO)c1N. The van der Waals surface area contributed by atoms with Crippen molar-refractivity contribution in [3.8, 4) is 0 Å². The number of rotatable bonds is 2. The zero-order valence-corrected chi connectivity index (χ0v) is 10.3. The molecule has 1 aromatic rings. The number of nitrogens with zero attached hydrogens (tertiary/aromatic N) is 3. The van der Waals surface area contributed by atoms with E-state index in [-0.39, 0.29) is 17.9 Å². The van der Waals surface area contributed by atoms with E-state index in [9.17, 15) is 5.11 Å². The van der Waals surface area contributed by atoms with Gasteiger partial charge in [-0.15, -0.1) is 0 Å². The number of hydrogen-bond acceptors (Lipinski definition) is 6. The molecule has 1 fully saturated rings. The molecule has 0 amide bonds. The van der Waals surface area contributed by atoms with E-state index in [1.54, 1.807) is 6.92 Å². The fraction of sp³-hybridized carbons (Fsp3) is 0.600. The number of aliphatic hydroxyl groups excluding tert-OH is 1. The molecule has 0 saturated carbocycles. The highest BCUT2D eigenvalue weighted by Crippen LogP contribution is 2.27. The number of aromatic nitrogens is 2. The Labute approximate surface area is 104 Å². The van der Waals surface area contributed by atoms with Gasteiger partial charge >= 0.3 is 0 Å². The highest BCUT2D eigenvalue weighted by molar-refractivity contribution is 6.28. The smallest absolute Gasteiger partial charge is 0.224 e. The van der Waals surface area contributed by atoms with Gasteiger partial charge in [0.2, 0.25) is 5.28 Å². The number of nitrogen functional groups attached to an aromatic ring is 1. The first-order valence-electron chi connectivity index (χ1n) is 5.38. The van der Waals surface area contributed by atoms with Gasteiger partial charge in [0.1, 0.15) is 0 Å². The van der Waals surface area contributed by atoms with E-state index in [2.05, 4.69) is 9.97 Å². The molecule has 3 N–H and O–H groups in total. The van der Waals surface area contributed by atoms with Gasteiger partial charge in [0.05, 0.1) is 37.2 Å². The van der Waals surface area contributed by atoms with Gasteiger partial charge in [0.15, 0.2) is 5.82 Å². The maximum absolute atomic E-state index is 9.31. The van der Waals surface area contributed by atoms with Gasteiger partial charge < -0.3 is 20.5 Å². The van der Waals surface area contributed by atoms with E-state index in [4.69, 9.17) is 22.1 Å². The van der Waals surface area contributed by atoms with E-state index in [0.29, 0.717) is 37.0 Å². The van der Waals surface area contributed by atoms with Crippen molar-refractivity contribution in [1.29, 1.82) is 0 Å². The van der Waals surface area contributed by atoms with Crippen molar-refractivity contribution >= 4 is 23.1 Å². The number of hydrogen-bond donors (Lipinski definition) is 2. The van der Waals surface area contributed by atoms with Crippen molar-refractivity contribution in [2.45, 2.75) is 13.0 Å². The topological polar surface area (TPSA) is 84.5 Å². The van der Waals surface area contributed by atoms with Crippen LogP contribution >= 0.6 is 11.6 Å². The molecule has 17 heavy (non-hydrogen) atoms. The van der Waals surface area contributed by atoms with Crippen LogP contribution in [-0.2, 0) is 4.74 Å². The lowest BCUT2D eigenvalue weighted by Gasteiger charge is -2.36. The number of morpholine rings is 1. The first kappa shape index (κ1) is 12.3. The average molecular weight is 259 g/mol. The predicted molar refractivity (Wildman–Crippen MR) is 65.2 cm³/mol. The van der Waals surface area contributed by atoms with Gasteiger partial charge in [0, 0.05) is 6.54 Å². The predicted octanol–water partition coefficient (Wildman–Crippen LogP) is 0.218. The number of nitrogens with two attached hydrogens (primary N) is 1. The Balaban J connectivity index is 2.37. The summed E-state index contributed by atoms with van der Waals surface area (Å²) in [7, 11) is 0. The normalized spacial score (nSPS) is 20.6. The van der Waals surface area contributed by atoms with Crippen LogP contribution in [-0.4, -0.2) is 47.5 Å². The fourth-order valence-electron chi connectivity index (χ4n) is 1.84. The quantitative estimate of drug-likeness (QED) is 0.738.